The smallest absolute Gasteiger partial charge is 0.123 e. The molecular weight excluding hydrogens is 1660 g/mol. The van der Waals surface area contributed by atoms with E-state index in [2.05, 4.69) is 182 Å². The first-order chi connectivity index (χ1) is 64.3. The minimum absolute atomic E-state index is 0.262. The Morgan fingerprint density at radius 3 is 0.631 bits per heavy atom. The molecule has 708 valence electrons. The van der Waals surface area contributed by atoms with Crippen molar-refractivity contribution in [1.82, 2.24) is 0 Å². The molecule has 0 amide bonds. The summed E-state index contributed by atoms with van der Waals surface area (Å²) in [5, 5.41) is 0. The van der Waals surface area contributed by atoms with Crippen molar-refractivity contribution in [3.05, 3.63) is 237 Å². The molecule has 0 radical (unpaired) electrons. The van der Waals surface area contributed by atoms with Gasteiger partial charge in [-0.05, 0) is 178 Å². The molecule has 0 spiro atoms. The van der Waals surface area contributed by atoms with E-state index < -0.39 is 5.41 Å². The molecule has 4 N–H and O–H groups in total. The standard InChI is InChI=1S/C105H140N2O23/c1-108-41-45-112-49-50-116-51-52-117-53-54-118-55-56-119-57-58-120-59-60-121-61-62-122-63-64-123-65-66-124-70-74-130-100-78-94(77-99(82-100)129-73-69-115-48-44-111-4)84-105(83-93-75-97(127-71-67-113-46-42-109-2)81-98(76-93)128-72-68-114-47-43-110-3)103-79-91(23-21-87-13-9-85(10-14-87)17-19-89-25-31-95(32-26-89)125-39-7-5-37-106)29-35-101(103)102-36-30-92(80-104(102)105)24-22-88-15-11-86(12-16-88)18-20-90-27-33-96(34-28-90)126-40-8-6-38-107/h9-36,75-82H,5-8,37-74,83-84,106-107H2,1-4H3/b19-17+,20-18+,23-21+,24-22+. The van der Waals surface area contributed by atoms with Gasteiger partial charge in [0.1, 0.15) is 60.9 Å². The highest BCUT2D eigenvalue weighted by Gasteiger charge is 2.44. The Balaban J connectivity index is 0.915. The zero-order valence-corrected chi connectivity index (χ0v) is 76.9. The van der Waals surface area contributed by atoms with Crippen molar-refractivity contribution in [2.24, 2.45) is 11.5 Å². The van der Waals surface area contributed by atoms with Gasteiger partial charge in [0.25, 0.3) is 0 Å². The van der Waals surface area contributed by atoms with Crippen LogP contribution in [0.15, 0.2) is 170 Å². The van der Waals surface area contributed by atoms with Crippen LogP contribution in [0.3, 0.4) is 0 Å². The predicted molar refractivity (Wildman–Crippen MR) is 512 cm³/mol. The second-order valence-corrected chi connectivity index (χ2v) is 30.5. The van der Waals surface area contributed by atoms with E-state index in [1.807, 2.05) is 36.4 Å². The zero-order valence-electron chi connectivity index (χ0n) is 76.9. The molecule has 1 aliphatic rings. The van der Waals surface area contributed by atoms with Crippen molar-refractivity contribution in [2.75, 3.05) is 279 Å². The van der Waals surface area contributed by atoms with Crippen molar-refractivity contribution < 1.29 is 109 Å². The average Bonchev–Trinajstić information content (AvgIpc) is 1.55. The highest BCUT2D eigenvalue weighted by Crippen LogP contribution is 2.54. The summed E-state index contributed by atoms with van der Waals surface area (Å²) < 4.78 is 134. The van der Waals surface area contributed by atoms with Crippen LogP contribution in [0, 0.1) is 0 Å². The highest BCUT2D eigenvalue weighted by molar-refractivity contribution is 5.86. The van der Waals surface area contributed by atoms with E-state index in [0.717, 1.165) is 115 Å². The van der Waals surface area contributed by atoms with Gasteiger partial charge >= 0.3 is 0 Å². The van der Waals surface area contributed by atoms with Crippen molar-refractivity contribution in [2.45, 2.75) is 43.9 Å². The zero-order chi connectivity index (χ0) is 90.9. The lowest BCUT2D eigenvalue weighted by Crippen LogP contribution is -2.31. The fourth-order valence-corrected chi connectivity index (χ4v) is 13.9. The van der Waals surface area contributed by atoms with E-state index in [9.17, 15) is 0 Å². The van der Waals surface area contributed by atoms with Crippen LogP contribution in [0.25, 0.3) is 59.7 Å². The summed E-state index contributed by atoms with van der Waals surface area (Å²) in [5.74, 6) is 4.23. The molecule has 0 atom stereocenters. The number of nitrogens with two attached hydrogens (primary N) is 2. The minimum Gasteiger partial charge on any atom is -0.494 e. The third-order valence-corrected chi connectivity index (χ3v) is 20.6. The molecule has 0 heterocycles. The van der Waals surface area contributed by atoms with Crippen LogP contribution in [-0.4, -0.2) is 279 Å². The summed E-state index contributed by atoms with van der Waals surface area (Å²) in [6.07, 6.45) is 22.0. The summed E-state index contributed by atoms with van der Waals surface area (Å²) in [4.78, 5) is 0. The molecule has 0 aliphatic heterocycles. The predicted octanol–water partition coefficient (Wildman–Crippen LogP) is 15.7. The van der Waals surface area contributed by atoms with Crippen LogP contribution in [0.5, 0.6) is 34.5 Å². The number of benzene rings is 8. The molecule has 8 aromatic carbocycles. The summed E-state index contributed by atoms with van der Waals surface area (Å²) in [5.41, 5.74) is 25.6. The van der Waals surface area contributed by atoms with E-state index in [-0.39, 0.29) is 6.61 Å². The van der Waals surface area contributed by atoms with E-state index in [1.165, 1.54) is 0 Å². The lowest BCUT2D eigenvalue weighted by Gasteiger charge is -2.34. The molecule has 0 bridgehead atoms. The van der Waals surface area contributed by atoms with E-state index in [4.69, 9.17) is 120 Å². The Bertz CT molecular complexity index is 4210. The van der Waals surface area contributed by atoms with E-state index in [0.29, 0.717) is 280 Å². The van der Waals surface area contributed by atoms with Crippen molar-refractivity contribution >= 4 is 48.6 Å². The molecule has 0 unspecified atom stereocenters. The molecule has 0 aromatic heterocycles. The first-order valence-electron chi connectivity index (χ1n) is 45.6. The quantitative estimate of drug-likeness (QED) is 0.0265. The third-order valence-electron chi connectivity index (χ3n) is 20.6. The van der Waals surface area contributed by atoms with Gasteiger partial charge in [-0.3, -0.25) is 0 Å². The maximum Gasteiger partial charge on any atom is 0.123 e. The summed E-state index contributed by atoms with van der Waals surface area (Å²) in [6.45, 7) is 17.3. The summed E-state index contributed by atoms with van der Waals surface area (Å²) in [6, 6.07) is 59.7. The van der Waals surface area contributed by atoms with Gasteiger partial charge in [-0.25, -0.2) is 0 Å². The number of fused-ring (bicyclic) bond motifs is 3. The normalized spacial score (nSPS) is 12.4. The first kappa shape index (κ1) is 104. The minimum atomic E-state index is -0.778. The van der Waals surface area contributed by atoms with Crippen LogP contribution >= 0.6 is 0 Å². The molecule has 0 fully saturated rings. The molecule has 0 saturated heterocycles. The number of methoxy groups -OCH3 is 4. The van der Waals surface area contributed by atoms with Gasteiger partial charge in [-0.2, -0.15) is 0 Å². The molecule has 9 rings (SSSR count). The van der Waals surface area contributed by atoms with Gasteiger partial charge in [-0.15, -0.1) is 0 Å². The largest absolute Gasteiger partial charge is 0.494 e. The topological polar surface area (TPSA) is 264 Å². The molecule has 25 nitrogen and oxygen atoms in total. The van der Waals surface area contributed by atoms with Gasteiger partial charge in [0, 0.05) is 46.0 Å². The highest BCUT2D eigenvalue weighted by atomic mass is 16.6. The van der Waals surface area contributed by atoms with Crippen LogP contribution < -0.4 is 39.9 Å². The number of rotatable bonds is 77. The lowest BCUT2D eigenvalue weighted by atomic mass is 9.69. The monoisotopic (exact) mass is 1800 g/mol. The number of unbranched alkanes of at least 4 members (excludes halogenated alkanes) is 2. The summed E-state index contributed by atoms with van der Waals surface area (Å²) in [7, 11) is 6.63. The van der Waals surface area contributed by atoms with Crippen LogP contribution in [0.2, 0.25) is 0 Å². The number of ether oxygens (including phenoxy) is 23. The van der Waals surface area contributed by atoms with Gasteiger partial charge in [-0.1, -0.05) is 158 Å². The van der Waals surface area contributed by atoms with E-state index >= 15 is 0 Å². The van der Waals surface area contributed by atoms with Gasteiger partial charge in [0.05, 0.1) is 211 Å². The molecule has 0 saturated carbocycles. The second-order valence-electron chi connectivity index (χ2n) is 30.5. The SMILES string of the molecule is COCCOCCOCCOCCOCCOCCOCCOCCOCCOCCOCCOc1cc(CC2(Cc3cc(OCCOCCOC)cc(OCCOCCOC)c3)c3cc(/C=C/c4ccc(/C=C/c5ccc(OCCCCN)cc5)cc4)ccc3-c3ccc(/C=C/c4ccc(/C=C/c5ccc(OCCCCN)cc5)cc4)cc32)cc(OCCOCCOC)c1. The second kappa shape index (κ2) is 66.2. The lowest BCUT2D eigenvalue weighted by molar-refractivity contribution is -0.0273. The molecule has 8 aromatic rings. The molecule has 25 heteroatoms. The van der Waals surface area contributed by atoms with Crippen molar-refractivity contribution in [1.29, 1.82) is 0 Å². The van der Waals surface area contributed by atoms with Crippen LogP contribution in [0.1, 0.15) is 92.4 Å². The van der Waals surface area contributed by atoms with Gasteiger partial charge in [0.2, 0.25) is 0 Å². The fourth-order valence-electron chi connectivity index (χ4n) is 13.9. The van der Waals surface area contributed by atoms with E-state index in [1.54, 1.807) is 28.4 Å². The molecular formula is C105H140N2O23. The maximum atomic E-state index is 6.69. The Kier molecular flexibility index (Phi) is 53.2. The van der Waals surface area contributed by atoms with Gasteiger partial charge < -0.3 is 120 Å². The van der Waals surface area contributed by atoms with Crippen molar-refractivity contribution in [3.8, 4) is 45.6 Å². The Labute approximate surface area is 770 Å². The fraction of sp³-hybridized carbons (Fsp3) is 0.467. The average molecular weight is 1800 g/mol. The van der Waals surface area contributed by atoms with Crippen LogP contribution in [0.4, 0.5) is 0 Å². The number of hydrogen-bond donors (Lipinski definition) is 2. The molecule has 130 heavy (non-hydrogen) atoms. The van der Waals surface area contributed by atoms with Crippen LogP contribution in [-0.2, 0) is 98.8 Å². The van der Waals surface area contributed by atoms with Gasteiger partial charge in [0.15, 0.2) is 0 Å². The Morgan fingerprint density at radius 2 is 0.400 bits per heavy atom. The Hall–Kier alpha value is -9.24. The Morgan fingerprint density at radius 1 is 0.200 bits per heavy atom. The third kappa shape index (κ3) is 42.1. The summed E-state index contributed by atoms with van der Waals surface area (Å²) >= 11 is 0. The first-order valence-corrected chi connectivity index (χ1v) is 45.6. The van der Waals surface area contributed by atoms with Crippen molar-refractivity contribution in [3.63, 3.8) is 0 Å². The number of hydrogen-bond acceptors (Lipinski definition) is 25. The molecule has 1 aliphatic carbocycles. The maximum absolute atomic E-state index is 6.69.